The van der Waals surface area contributed by atoms with Crippen molar-refractivity contribution < 1.29 is 9.72 Å². The average Bonchev–Trinajstić information content (AvgIpc) is 2.80. The standard InChI is InChI=1S/C10H8BrN3O2.C3H6O/c11-9-3-1-8(2-4-9)7-13-6-5-10(12-13)14(15)16;1-3(2)4/h1-6H,7H2;1-2H3. The molecule has 0 saturated carbocycles. The summed E-state index contributed by atoms with van der Waals surface area (Å²) in [6, 6.07) is 9.12. The molecule has 1 aromatic carbocycles. The molecule has 2 rings (SSSR count). The first-order valence-corrected chi connectivity index (χ1v) is 6.57. The lowest BCUT2D eigenvalue weighted by Crippen LogP contribution is -2.01. The second-order valence-corrected chi connectivity index (χ2v) is 5.08. The van der Waals surface area contributed by atoms with Crippen molar-refractivity contribution in [2.24, 2.45) is 0 Å². The fourth-order valence-corrected chi connectivity index (χ4v) is 1.58. The number of hydrogen-bond acceptors (Lipinski definition) is 4. The summed E-state index contributed by atoms with van der Waals surface area (Å²) >= 11 is 3.34. The van der Waals surface area contributed by atoms with E-state index in [0.717, 1.165) is 10.0 Å². The first-order valence-electron chi connectivity index (χ1n) is 5.78. The van der Waals surface area contributed by atoms with Gasteiger partial charge in [0.25, 0.3) is 0 Å². The zero-order chi connectivity index (χ0) is 15.1. The Morgan fingerprint density at radius 1 is 1.30 bits per heavy atom. The van der Waals surface area contributed by atoms with Crippen molar-refractivity contribution in [1.82, 2.24) is 9.78 Å². The van der Waals surface area contributed by atoms with Crippen molar-refractivity contribution in [2.45, 2.75) is 20.4 Å². The zero-order valence-corrected chi connectivity index (χ0v) is 12.7. The number of aromatic nitrogens is 2. The highest BCUT2D eigenvalue weighted by molar-refractivity contribution is 9.10. The van der Waals surface area contributed by atoms with Gasteiger partial charge >= 0.3 is 5.82 Å². The zero-order valence-electron chi connectivity index (χ0n) is 11.1. The maximum Gasteiger partial charge on any atom is 0.389 e. The van der Waals surface area contributed by atoms with Crippen molar-refractivity contribution in [3.63, 3.8) is 0 Å². The average molecular weight is 340 g/mol. The van der Waals surface area contributed by atoms with Gasteiger partial charge in [0.2, 0.25) is 0 Å². The first-order chi connectivity index (χ1) is 9.38. The van der Waals surface area contributed by atoms with E-state index in [0.29, 0.717) is 6.54 Å². The minimum Gasteiger partial charge on any atom is -0.358 e. The topological polar surface area (TPSA) is 78.0 Å². The molecule has 6 nitrogen and oxygen atoms in total. The molecule has 2 aromatic rings. The maximum absolute atomic E-state index is 10.4. The molecule has 0 radical (unpaired) electrons. The summed E-state index contributed by atoms with van der Waals surface area (Å²) in [5, 5.41) is 14.3. The fraction of sp³-hybridized carbons (Fsp3) is 0.231. The van der Waals surface area contributed by atoms with Crippen molar-refractivity contribution in [1.29, 1.82) is 0 Å². The van der Waals surface area contributed by atoms with Gasteiger partial charge in [0.15, 0.2) is 0 Å². The van der Waals surface area contributed by atoms with Crippen LogP contribution in [0.25, 0.3) is 0 Å². The van der Waals surface area contributed by atoms with Crippen LogP contribution in [0.1, 0.15) is 19.4 Å². The van der Waals surface area contributed by atoms with E-state index in [-0.39, 0.29) is 11.6 Å². The molecule has 1 aromatic heterocycles. The third-order valence-electron chi connectivity index (χ3n) is 2.07. The summed E-state index contributed by atoms with van der Waals surface area (Å²) in [6.07, 6.45) is 1.60. The van der Waals surface area contributed by atoms with Gasteiger partial charge < -0.3 is 14.9 Å². The number of ketones is 1. The van der Waals surface area contributed by atoms with Crippen LogP contribution in [-0.2, 0) is 11.3 Å². The van der Waals surface area contributed by atoms with Gasteiger partial charge in [-0.1, -0.05) is 28.1 Å². The van der Waals surface area contributed by atoms with Crippen LogP contribution in [0.5, 0.6) is 0 Å². The van der Waals surface area contributed by atoms with Gasteiger partial charge in [0.1, 0.15) is 5.78 Å². The summed E-state index contributed by atoms with van der Waals surface area (Å²) in [5.41, 5.74) is 1.04. The van der Waals surface area contributed by atoms with Crippen LogP contribution >= 0.6 is 15.9 Å². The molecule has 0 aliphatic rings. The number of nitro groups is 1. The van der Waals surface area contributed by atoms with Crippen LogP contribution in [0, 0.1) is 10.1 Å². The SMILES string of the molecule is CC(C)=O.O=[N+]([O-])c1ccn(Cc2ccc(Br)cc2)n1. The summed E-state index contributed by atoms with van der Waals surface area (Å²) in [5.74, 6) is 0.0390. The number of Topliss-reactive ketones (excluding diaryl/α,β-unsaturated/α-hetero) is 1. The quantitative estimate of drug-likeness (QED) is 0.635. The van der Waals surface area contributed by atoms with Crippen LogP contribution in [0.3, 0.4) is 0 Å². The number of nitrogens with zero attached hydrogens (tertiary/aromatic N) is 3. The summed E-state index contributed by atoms with van der Waals surface area (Å²) in [6.45, 7) is 3.58. The number of carbonyl (C=O) groups excluding carboxylic acids is 1. The van der Waals surface area contributed by atoms with Gasteiger partial charge in [-0.05, 0) is 36.5 Å². The van der Waals surface area contributed by atoms with Gasteiger partial charge in [0, 0.05) is 4.47 Å². The third kappa shape index (κ3) is 5.75. The molecule has 0 aliphatic heterocycles. The Hall–Kier alpha value is -2.02. The number of carbonyl (C=O) groups is 1. The van der Waals surface area contributed by atoms with Gasteiger partial charge in [-0.3, -0.25) is 0 Å². The lowest BCUT2D eigenvalue weighted by molar-refractivity contribution is -0.389. The van der Waals surface area contributed by atoms with E-state index in [1.807, 2.05) is 24.3 Å². The smallest absolute Gasteiger partial charge is 0.358 e. The minimum atomic E-state index is -0.502. The minimum absolute atomic E-state index is 0.128. The molecule has 0 saturated heterocycles. The highest BCUT2D eigenvalue weighted by Crippen LogP contribution is 2.12. The molecule has 106 valence electrons. The number of rotatable bonds is 3. The van der Waals surface area contributed by atoms with E-state index < -0.39 is 4.92 Å². The van der Waals surface area contributed by atoms with Gasteiger partial charge in [-0.2, -0.15) is 4.68 Å². The fourth-order valence-electron chi connectivity index (χ4n) is 1.31. The second kappa shape index (κ2) is 7.54. The first kappa shape index (κ1) is 16.0. The molecule has 0 bridgehead atoms. The third-order valence-corrected chi connectivity index (χ3v) is 2.60. The largest absolute Gasteiger partial charge is 0.389 e. The van der Waals surface area contributed by atoms with Crippen LogP contribution in [0.2, 0.25) is 0 Å². The molecule has 7 heteroatoms. The molecule has 0 spiro atoms. The predicted molar refractivity (Wildman–Crippen MR) is 78.5 cm³/mol. The Labute approximate surface area is 124 Å². The Morgan fingerprint density at radius 3 is 2.30 bits per heavy atom. The van der Waals surface area contributed by atoms with Crippen molar-refractivity contribution in [2.75, 3.05) is 0 Å². The van der Waals surface area contributed by atoms with Crippen LogP contribution in [0.15, 0.2) is 41.0 Å². The molecule has 1 heterocycles. The Morgan fingerprint density at radius 2 is 1.85 bits per heavy atom. The van der Waals surface area contributed by atoms with Crippen LogP contribution < -0.4 is 0 Å². The summed E-state index contributed by atoms with van der Waals surface area (Å²) < 4.78 is 2.55. The van der Waals surface area contributed by atoms with Crippen molar-refractivity contribution in [3.05, 3.63) is 56.7 Å². The van der Waals surface area contributed by atoms with E-state index in [1.165, 1.54) is 19.9 Å². The molecule has 20 heavy (non-hydrogen) atoms. The van der Waals surface area contributed by atoms with E-state index >= 15 is 0 Å². The molecule has 0 fully saturated rings. The van der Waals surface area contributed by atoms with E-state index in [2.05, 4.69) is 21.0 Å². The highest BCUT2D eigenvalue weighted by atomic mass is 79.9. The van der Waals surface area contributed by atoms with Gasteiger partial charge in [0.05, 0.1) is 23.9 Å². The number of hydrogen-bond donors (Lipinski definition) is 0. The molecular weight excluding hydrogens is 326 g/mol. The van der Waals surface area contributed by atoms with Crippen LogP contribution in [0.4, 0.5) is 5.82 Å². The second-order valence-electron chi connectivity index (χ2n) is 4.16. The Bertz CT molecular complexity index is 589. The molecule has 0 unspecified atom stereocenters. The van der Waals surface area contributed by atoms with E-state index in [9.17, 15) is 14.9 Å². The molecule has 0 aliphatic carbocycles. The maximum atomic E-state index is 10.4. The lowest BCUT2D eigenvalue weighted by Gasteiger charge is -1.98. The van der Waals surface area contributed by atoms with Gasteiger partial charge in [-0.25, -0.2) is 0 Å². The number of halogens is 1. The Kier molecular flexibility index (Phi) is 6.05. The predicted octanol–water partition coefficient (Wildman–Crippen LogP) is 3.20. The van der Waals surface area contributed by atoms with Crippen molar-refractivity contribution in [3.8, 4) is 0 Å². The summed E-state index contributed by atoms with van der Waals surface area (Å²) in [7, 11) is 0. The molecule has 0 atom stereocenters. The van der Waals surface area contributed by atoms with Gasteiger partial charge in [-0.15, -0.1) is 0 Å². The Balaban J connectivity index is 0.000000444. The molecule has 0 N–H and O–H groups in total. The summed E-state index contributed by atoms with van der Waals surface area (Å²) in [4.78, 5) is 19.4. The lowest BCUT2D eigenvalue weighted by atomic mass is 10.2. The molecular formula is C13H14BrN3O3. The van der Waals surface area contributed by atoms with E-state index in [4.69, 9.17) is 0 Å². The van der Waals surface area contributed by atoms with E-state index in [1.54, 1.807) is 10.9 Å². The number of benzene rings is 1. The normalized spacial score (nSPS) is 9.55. The highest BCUT2D eigenvalue weighted by Gasteiger charge is 2.10. The molecule has 0 amide bonds. The van der Waals surface area contributed by atoms with Crippen molar-refractivity contribution >= 4 is 27.5 Å². The van der Waals surface area contributed by atoms with Crippen LogP contribution in [-0.4, -0.2) is 20.5 Å². The monoisotopic (exact) mass is 339 g/mol.